The van der Waals surface area contributed by atoms with Gasteiger partial charge in [0.1, 0.15) is 5.15 Å². The van der Waals surface area contributed by atoms with E-state index in [4.69, 9.17) is 21.6 Å². The molecule has 127 heavy (non-hydrogen) atoms. The van der Waals surface area contributed by atoms with Gasteiger partial charge in [0, 0.05) is 137 Å². The zero-order chi connectivity index (χ0) is 86.6. The fourth-order valence-electron chi connectivity index (χ4n) is 14.6. The van der Waals surface area contributed by atoms with Gasteiger partial charge in [0.2, 0.25) is 11.4 Å². The quantitative estimate of drug-likeness (QED) is 0.0730. The number of nitrogens with zero attached hydrogens (tertiary/aromatic N) is 8. The second kappa shape index (κ2) is 45.9. The van der Waals surface area contributed by atoms with Gasteiger partial charge in [0.25, 0.3) is 0 Å². The van der Waals surface area contributed by atoms with Crippen LogP contribution in [0.1, 0.15) is 11.1 Å². The Hall–Kier alpha value is -12.8. The minimum atomic E-state index is -1.39. The summed E-state index contributed by atoms with van der Waals surface area (Å²) in [5, 5.41) is 30.0. The summed E-state index contributed by atoms with van der Waals surface area (Å²) in [7, 11) is -1.39. The van der Waals surface area contributed by atoms with E-state index >= 15 is 0 Å². The van der Waals surface area contributed by atoms with Crippen molar-refractivity contribution in [1.29, 1.82) is 0 Å². The van der Waals surface area contributed by atoms with Crippen molar-refractivity contribution < 1.29 is 39.3 Å². The van der Waals surface area contributed by atoms with Crippen LogP contribution in [0.3, 0.4) is 0 Å². The van der Waals surface area contributed by atoms with Crippen LogP contribution in [-0.2, 0) is 33.2 Å². The molecular weight excluding hydrogens is 2020 g/mol. The van der Waals surface area contributed by atoms with Crippen molar-refractivity contribution in [3.8, 4) is 78.8 Å². The molecular formula is C110H80BBr4ClIrN8O2. The molecule has 10 heterocycles. The third-order valence-corrected chi connectivity index (χ3v) is 23.7. The molecule has 2 aliphatic rings. The SMILES string of the molecule is Brc1ccccc1-c1ccccn1.Brc1ccccc1-c1nccc2ccccc12.Brc1ccccc1-c1nccc2ccccc12.Clc1nccc2ccccc12.OB(O)c1ccccc1Br.[Ir].[c-]1ccccc1-c1ccccn1.[c-]1ccccc1-c1nccc2ccccc12.c1ccc2c(c1)C[n+]1ccc3ccccc3c1-2.c1ccc2c(c1)C[n+]1ccccc1-2. The maximum atomic E-state index is 8.73. The standard InChI is InChI=1S/C16H12N.2C15H10BrN.C15H10N.C12H10N.C11H8BrN.C11H8N.C9H6ClN.C6H6BBrO2.Ir/c1-3-7-14-12(5-1)9-10-17-11-13-6-2-4-8-15(13)16(14)17;2*16-14-8-4-3-7-13(14)15-12-6-2-1-5-11(12)9-10-17-15;1-2-7-13(8-3-1)15-14-9-5-4-6-12(14)10-11-16-15;1-2-6-11-10(5-1)9-13-8-4-3-7-12(11)13;12-10-6-2-1-5-9(10)11-7-3-4-8-13-11;1-2-6-10(7-3-1)11-8-4-5-9-12-11;10-9-8-4-2-1-3-7(8)5-6-11-9;8-6-4-2-1-3-5(6)7(9)10;/h1-10H,11H2;2*1-10H;1-7,9-11H;1-8H,9H2;1-8H;1-6,8-9H;1-6H;1-4,9-10H;/q+1;;;-1;+1;;-1;;;. The van der Waals surface area contributed by atoms with E-state index < -0.39 is 7.12 Å². The molecule has 17 heteroatoms. The maximum absolute atomic E-state index is 8.73. The summed E-state index contributed by atoms with van der Waals surface area (Å²) in [6.07, 6.45) is 15.2. The van der Waals surface area contributed by atoms with E-state index in [0.717, 1.165) is 93.6 Å². The van der Waals surface area contributed by atoms with Crippen molar-refractivity contribution in [1.82, 2.24) is 29.9 Å². The zero-order valence-electron chi connectivity index (χ0n) is 68.4. The molecule has 1 radical (unpaired) electrons. The number of aromatic nitrogens is 8. The first-order valence-electron chi connectivity index (χ1n) is 40.7. The average molecular weight is 2100 g/mol. The van der Waals surface area contributed by atoms with Crippen LogP contribution in [0, 0.1) is 12.1 Å². The molecule has 0 unspecified atom stereocenters. The van der Waals surface area contributed by atoms with Crippen LogP contribution in [-0.4, -0.2) is 47.1 Å². The van der Waals surface area contributed by atoms with Gasteiger partial charge in [-0.15, -0.1) is 71.8 Å². The molecule has 2 N–H and O–H groups in total. The van der Waals surface area contributed by atoms with Crippen LogP contribution in [0.25, 0.3) is 133 Å². The third kappa shape index (κ3) is 23.5. The first-order valence-corrected chi connectivity index (χ1v) is 44.2. The van der Waals surface area contributed by atoms with Crippen molar-refractivity contribution in [2.75, 3.05) is 0 Å². The number of benzene rings is 13. The molecule has 10 nitrogen and oxygen atoms in total. The first kappa shape index (κ1) is 90.4. The van der Waals surface area contributed by atoms with Gasteiger partial charge in [-0.3, -0.25) is 15.0 Å². The normalized spacial score (nSPS) is 10.7. The molecule has 0 bridgehead atoms. The summed E-state index contributed by atoms with van der Waals surface area (Å²) < 4.78 is 8.56. The predicted molar refractivity (Wildman–Crippen MR) is 532 cm³/mol. The Morgan fingerprint density at radius 1 is 0.283 bits per heavy atom. The number of hydrogen-bond donors (Lipinski definition) is 2. The maximum Gasteiger partial charge on any atom is 0.489 e. The van der Waals surface area contributed by atoms with E-state index in [9.17, 15) is 0 Å². The van der Waals surface area contributed by atoms with E-state index in [1.54, 1.807) is 36.8 Å². The first-order chi connectivity index (χ1) is 62.0. The Morgan fingerprint density at radius 2 is 0.669 bits per heavy atom. The second-order valence-electron chi connectivity index (χ2n) is 28.7. The Labute approximate surface area is 791 Å². The van der Waals surface area contributed by atoms with Gasteiger partial charge in [-0.25, -0.2) is 4.98 Å². The van der Waals surface area contributed by atoms with Crippen LogP contribution in [0.5, 0.6) is 0 Å². The summed E-state index contributed by atoms with van der Waals surface area (Å²) in [4.78, 5) is 25.9. The number of fused-ring (bicyclic) bond motifs is 12. The molecule has 0 fully saturated rings. The van der Waals surface area contributed by atoms with Gasteiger partial charge < -0.3 is 20.0 Å². The van der Waals surface area contributed by atoms with E-state index in [0.29, 0.717) is 15.1 Å². The molecule has 0 saturated heterocycles. The molecule has 8 aromatic heterocycles. The minimum absolute atomic E-state index is 0. The fourth-order valence-corrected chi connectivity index (χ4v) is 16.7. The molecule has 23 rings (SSSR count). The van der Waals surface area contributed by atoms with Gasteiger partial charge in [0.15, 0.2) is 25.5 Å². The van der Waals surface area contributed by atoms with Crippen LogP contribution in [0.4, 0.5) is 0 Å². The summed E-state index contributed by atoms with van der Waals surface area (Å²) in [5.41, 5.74) is 19.3. The minimum Gasteiger partial charge on any atom is -0.423 e. The molecule has 0 atom stereocenters. The van der Waals surface area contributed by atoms with Crippen molar-refractivity contribution in [3.05, 3.63) is 496 Å². The predicted octanol–water partition coefficient (Wildman–Crippen LogP) is 27.3. The molecule has 0 amide bonds. The summed E-state index contributed by atoms with van der Waals surface area (Å²) in [6, 6.07) is 141. The van der Waals surface area contributed by atoms with Crippen LogP contribution < -0.4 is 14.6 Å². The monoisotopic (exact) mass is 2100 g/mol. The molecule has 619 valence electrons. The van der Waals surface area contributed by atoms with Crippen molar-refractivity contribution >= 4 is 142 Å². The van der Waals surface area contributed by atoms with Crippen LogP contribution in [0.2, 0.25) is 5.15 Å². The molecule has 0 spiro atoms. The van der Waals surface area contributed by atoms with Crippen molar-refractivity contribution in [2.45, 2.75) is 13.1 Å². The number of pyridine rings is 8. The largest absolute Gasteiger partial charge is 0.489 e. The smallest absolute Gasteiger partial charge is 0.423 e. The Morgan fingerprint density at radius 3 is 1.17 bits per heavy atom. The third-order valence-electron chi connectivity index (χ3n) is 20.6. The average Bonchev–Trinajstić information content (AvgIpc) is 1.61. The molecule has 13 aromatic carbocycles. The van der Waals surface area contributed by atoms with E-state index in [2.05, 4.69) is 273 Å². The van der Waals surface area contributed by atoms with E-state index in [-0.39, 0.29) is 20.1 Å². The molecule has 21 aromatic rings. The summed E-state index contributed by atoms with van der Waals surface area (Å²) in [5.74, 6) is 0. The van der Waals surface area contributed by atoms with Crippen LogP contribution >= 0.6 is 75.3 Å². The summed E-state index contributed by atoms with van der Waals surface area (Å²) in [6.45, 7) is 2.02. The topological polar surface area (TPSA) is 126 Å². The van der Waals surface area contributed by atoms with Gasteiger partial charge in [-0.1, -0.05) is 318 Å². The number of hydrogen-bond acceptors (Lipinski definition) is 8. The molecule has 0 saturated carbocycles. The Bertz CT molecular complexity index is 6960. The van der Waals surface area contributed by atoms with Gasteiger partial charge in [-0.05, 0) is 140 Å². The van der Waals surface area contributed by atoms with Crippen LogP contribution in [0.15, 0.2) is 468 Å². The molecule has 0 aliphatic carbocycles. The Balaban J connectivity index is 0.000000116. The Kier molecular flexibility index (Phi) is 32.7. The summed E-state index contributed by atoms with van der Waals surface area (Å²) >= 11 is 19.7. The number of rotatable bonds is 6. The molecule has 2 aliphatic heterocycles. The van der Waals surface area contributed by atoms with Crippen molar-refractivity contribution in [2.24, 2.45) is 0 Å². The number of halogens is 5. The van der Waals surface area contributed by atoms with E-state index in [1.165, 1.54) is 76.7 Å². The second-order valence-corrected chi connectivity index (χ2v) is 32.5. The fraction of sp³-hybridized carbons (Fsp3) is 0.0182. The van der Waals surface area contributed by atoms with Gasteiger partial charge in [0.05, 0.1) is 33.6 Å². The van der Waals surface area contributed by atoms with Crippen molar-refractivity contribution in [3.63, 3.8) is 0 Å². The van der Waals surface area contributed by atoms with E-state index in [1.807, 2.05) is 255 Å². The zero-order valence-corrected chi connectivity index (χ0v) is 77.9. The van der Waals surface area contributed by atoms with Gasteiger partial charge >= 0.3 is 7.12 Å². The van der Waals surface area contributed by atoms with Gasteiger partial charge in [-0.2, -0.15) is 9.13 Å².